The topological polar surface area (TPSA) is 78.5 Å². The summed E-state index contributed by atoms with van der Waals surface area (Å²) in [5.41, 5.74) is 3.68. The largest absolute Gasteiger partial charge is 0.322 e. The minimum absolute atomic E-state index is 0.0765. The van der Waals surface area contributed by atoms with Crippen LogP contribution in [0, 0.1) is 23.2 Å². The van der Waals surface area contributed by atoms with Crippen molar-refractivity contribution in [3.05, 3.63) is 34.9 Å². The van der Waals surface area contributed by atoms with Gasteiger partial charge in [-0.1, -0.05) is 31.4 Å². The number of hydrogen-bond donors (Lipinski definition) is 2. The van der Waals surface area contributed by atoms with Gasteiger partial charge in [0.05, 0.1) is 0 Å². The first-order chi connectivity index (χ1) is 18.0. The van der Waals surface area contributed by atoms with E-state index in [0.717, 1.165) is 48.3 Å². The number of fused-ring (bicyclic) bond motifs is 1. The van der Waals surface area contributed by atoms with E-state index in [1.165, 1.54) is 76.3 Å². The van der Waals surface area contributed by atoms with E-state index in [2.05, 4.69) is 16.7 Å². The second-order valence-corrected chi connectivity index (χ2v) is 13.0. The average Bonchev–Trinajstić information content (AvgIpc) is 3.19. The van der Waals surface area contributed by atoms with Crippen LogP contribution in [0.3, 0.4) is 0 Å². The number of nitrogens with zero attached hydrogens (tertiary/aromatic N) is 1. The maximum absolute atomic E-state index is 13.0. The Morgan fingerprint density at radius 1 is 0.919 bits per heavy atom. The van der Waals surface area contributed by atoms with Crippen LogP contribution in [-0.4, -0.2) is 41.8 Å². The number of unbranched alkanes of at least 4 members (excludes halogenated alkanes) is 4. The third-order valence-corrected chi connectivity index (χ3v) is 10.1. The molecule has 1 aromatic rings. The first-order valence-electron chi connectivity index (χ1n) is 15.0. The van der Waals surface area contributed by atoms with Crippen molar-refractivity contribution in [1.82, 2.24) is 15.5 Å². The average molecular weight is 506 g/mol. The normalized spacial score (nSPS) is 32.2. The molecule has 1 aromatic carbocycles. The summed E-state index contributed by atoms with van der Waals surface area (Å²) in [5, 5.41) is 6.23. The quantitative estimate of drug-likeness (QED) is 0.336. The van der Waals surface area contributed by atoms with Crippen LogP contribution in [0.5, 0.6) is 0 Å². The van der Waals surface area contributed by atoms with E-state index in [1.54, 1.807) is 4.90 Å². The molecule has 6 nitrogen and oxygen atoms in total. The lowest BCUT2D eigenvalue weighted by atomic mass is 9.49. The van der Waals surface area contributed by atoms with Crippen LogP contribution in [0.2, 0.25) is 0 Å². The summed E-state index contributed by atoms with van der Waals surface area (Å²) in [7, 11) is 0. The maximum Gasteiger partial charge on any atom is 0.255 e. The Hall–Kier alpha value is -2.21. The van der Waals surface area contributed by atoms with Gasteiger partial charge >= 0.3 is 0 Å². The second kappa shape index (κ2) is 10.5. The molecule has 6 heteroatoms. The molecular formula is C31H43N3O3. The van der Waals surface area contributed by atoms with Crippen LogP contribution < -0.4 is 10.6 Å². The molecule has 2 N–H and O–H groups in total. The van der Waals surface area contributed by atoms with Crippen molar-refractivity contribution in [3.63, 3.8) is 0 Å². The van der Waals surface area contributed by atoms with Crippen LogP contribution in [0.15, 0.2) is 18.2 Å². The van der Waals surface area contributed by atoms with E-state index in [1.807, 2.05) is 12.1 Å². The van der Waals surface area contributed by atoms with Gasteiger partial charge in [-0.15, -0.1) is 0 Å². The van der Waals surface area contributed by atoms with Gasteiger partial charge in [-0.05, 0) is 111 Å². The van der Waals surface area contributed by atoms with Crippen molar-refractivity contribution >= 4 is 17.7 Å². The zero-order chi connectivity index (χ0) is 25.4. The fourth-order valence-electron chi connectivity index (χ4n) is 8.84. The molecule has 4 saturated carbocycles. The first-order valence-corrected chi connectivity index (χ1v) is 15.0. The van der Waals surface area contributed by atoms with Gasteiger partial charge in [0.15, 0.2) is 0 Å². The van der Waals surface area contributed by atoms with Crippen molar-refractivity contribution < 1.29 is 14.4 Å². The Balaban J connectivity index is 0.896. The fourth-order valence-corrected chi connectivity index (χ4v) is 8.84. The second-order valence-electron chi connectivity index (χ2n) is 13.0. The number of rotatable bonds is 11. The third kappa shape index (κ3) is 5.23. The van der Waals surface area contributed by atoms with Crippen LogP contribution in [0.4, 0.5) is 0 Å². The number of hydrogen-bond acceptors (Lipinski definition) is 4. The Bertz CT molecular complexity index is 1010. The Labute approximate surface area is 221 Å². The van der Waals surface area contributed by atoms with Crippen molar-refractivity contribution in [3.8, 4) is 0 Å². The molecular weight excluding hydrogens is 462 g/mol. The number of imide groups is 1. The zero-order valence-electron chi connectivity index (χ0n) is 22.2. The highest BCUT2D eigenvalue weighted by Gasteiger charge is 2.50. The molecule has 4 aliphatic carbocycles. The minimum Gasteiger partial charge on any atom is -0.322 e. The predicted octanol–water partition coefficient (Wildman–Crippen LogP) is 4.75. The summed E-state index contributed by atoms with van der Waals surface area (Å²) in [6.45, 7) is 2.89. The lowest BCUT2D eigenvalue weighted by Gasteiger charge is -2.57. The highest BCUT2D eigenvalue weighted by atomic mass is 16.2. The standard InChI is InChI=1S/C31H43N3O3/c35-28-11-10-27(29(36)33-28)34-19-26-24(8-6-9-25(26)30(34)37)7-4-2-1-3-5-12-32-20-31-16-21-13-22(17-31)15-23(14-21)18-31/h6,8-9,21-23,27,32H,1-5,7,10-20H2,(H,33,35,36). The summed E-state index contributed by atoms with van der Waals surface area (Å²) >= 11 is 0. The first kappa shape index (κ1) is 25.1. The highest BCUT2D eigenvalue weighted by Crippen LogP contribution is 2.59. The maximum atomic E-state index is 13.0. The lowest BCUT2D eigenvalue weighted by Crippen LogP contribution is -2.52. The Morgan fingerprint density at radius 3 is 2.35 bits per heavy atom. The minimum atomic E-state index is -0.540. The molecule has 6 aliphatic rings. The number of benzene rings is 1. The van der Waals surface area contributed by atoms with Crippen LogP contribution in [0.25, 0.3) is 0 Å². The van der Waals surface area contributed by atoms with Gasteiger partial charge in [0, 0.05) is 25.1 Å². The molecule has 1 saturated heterocycles. The van der Waals surface area contributed by atoms with Gasteiger partial charge in [0.2, 0.25) is 11.8 Å². The molecule has 0 aromatic heterocycles. The molecule has 4 bridgehead atoms. The van der Waals surface area contributed by atoms with Gasteiger partial charge in [-0.2, -0.15) is 0 Å². The summed E-state index contributed by atoms with van der Waals surface area (Å²) in [6.07, 6.45) is 16.9. The molecule has 1 unspecified atom stereocenters. The molecule has 3 amide bonds. The van der Waals surface area contributed by atoms with E-state index in [0.29, 0.717) is 24.8 Å². The van der Waals surface area contributed by atoms with Crippen molar-refractivity contribution in [2.45, 2.75) is 102 Å². The van der Waals surface area contributed by atoms with Crippen LogP contribution in [-0.2, 0) is 22.6 Å². The molecule has 0 radical (unpaired) electrons. The third-order valence-electron chi connectivity index (χ3n) is 10.1. The van der Waals surface area contributed by atoms with Gasteiger partial charge in [0.25, 0.3) is 5.91 Å². The summed E-state index contributed by atoms with van der Waals surface area (Å²) in [5.74, 6) is 2.45. The molecule has 2 heterocycles. The number of carbonyl (C=O) groups is 3. The van der Waals surface area contributed by atoms with Crippen LogP contribution in [0.1, 0.15) is 105 Å². The van der Waals surface area contributed by atoms with E-state index in [4.69, 9.17) is 0 Å². The summed E-state index contributed by atoms with van der Waals surface area (Å²) in [6, 6.07) is 5.44. The number of piperidine rings is 1. The lowest BCUT2D eigenvalue weighted by molar-refractivity contribution is -0.136. The Morgan fingerprint density at radius 2 is 1.62 bits per heavy atom. The van der Waals surface area contributed by atoms with Gasteiger partial charge in [-0.3, -0.25) is 19.7 Å². The van der Waals surface area contributed by atoms with Crippen LogP contribution >= 0.6 is 0 Å². The number of amides is 3. The summed E-state index contributed by atoms with van der Waals surface area (Å²) < 4.78 is 0. The van der Waals surface area contributed by atoms with Crippen molar-refractivity contribution in [2.75, 3.05) is 13.1 Å². The Kier molecular flexibility index (Phi) is 7.13. The van der Waals surface area contributed by atoms with E-state index in [9.17, 15) is 14.4 Å². The molecule has 0 spiro atoms. The molecule has 200 valence electrons. The molecule has 2 aliphatic heterocycles. The monoisotopic (exact) mass is 505 g/mol. The van der Waals surface area contributed by atoms with Crippen molar-refractivity contribution in [2.24, 2.45) is 23.2 Å². The van der Waals surface area contributed by atoms with Gasteiger partial charge in [-0.25, -0.2) is 0 Å². The predicted molar refractivity (Wildman–Crippen MR) is 143 cm³/mol. The smallest absolute Gasteiger partial charge is 0.255 e. The van der Waals surface area contributed by atoms with Gasteiger partial charge < -0.3 is 10.2 Å². The molecule has 37 heavy (non-hydrogen) atoms. The number of carbonyl (C=O) groups excluding carboxylic acids is 3. The van der Waals surface area contributed by atoms with E-state index >= 15 is 0 Å². The summed E-state index contributed by atoms with van der Waals surface area (Å²) in [4.78, 5) is 38.5. The SMILES string of the molecule is O=C1CCC(N2Cc3c(CCCCCCCNCC45CC6CC(CC(C6)C4)C5)cccc3C2=O)C(=O)N1. The van der Waals surface area contributed by atoms with Crippen molar-refractivity contribution in [1.29, 1.82) is 0 Å². The zero-order valence-corrected chi connectivity index (χ0v) is 22.2. The molecule has 7 rings (SSSR count). The van der Waals surface area contributed by atoms with Gasteiger partial charge in [0.1, 0.15) is 6.04 Å². The number of nitrogens with one attached hydrogen (secondary N) is 2. The number of aryl methyl sites for hydroxylation is 1. The molecule has 1 atom stereocenters. The van der Waals surface area contributed by atoms with E-state index < -0.39 is 6.04 Å². The van der Waals surface area contributed by atoms with E-state index in [-0.39, 0.29) is 17.7 Å². The fraction of sp³-hybridized carbons (Fsp3) is 0.710. The molecule has 5 fully saturated rings. The highest BCUT2D eigenvalue weighted by molar-refractivity contribution is 6.05.